The first-order valence-corrected chi connectivity index (χ1v) is 9.63. The molecule has 1 fully saturated rings. The number of benzene rings is 1. The molecule has 0 bridgehead atoms. The van der Waals surface area contributed by atoms with Gasteiger partial charge in [-0.1, -0.05) is 12.1 Å². The van der Waals surface area contributed by atoms with Crippen LogP contribution in [-0.2, 0) is 15.3 Å². The van der Waals surface area contributed by atoms with Gasteiger partial charge in [0.05, 0.1) is 5.75 Å². The average molecular weight is 342 g/mol. The smallest absolute Gasteiger partial charge is 0.317 e. The zero-order chi connectivity index (χ0) is 17.3. The second-order valence-corrected chi connectivity index (χ2v) is 8.69. The fourth-order valence-corrected chi connectivity index (χ4v) is 3.76. The molecule has 1 saturated carbocycles. The molecule has 1 aliphatic rings. The van der Waals surface area contributed by atoms with Gasteiger partial charge in [-0.3, -0.25) is 0 Å². The van der Waals surface area contributed by atoms with Crippen molar-refractivity contribution in [2.75, 3.05) is 25.6 Å². The number of carbonyl (C=O) groups is 1. The molecule has 5 nitrogen and oxygen atoms in total. The van der Waals surface area contributed by atoms with E-state index in [1.807, 2.05) is 6.07 Å². The molecule has 0 heterocycles. The molecule has 1 aromatic rings. The van der Waals surface area contributed by atoms with E-state index in [4.69, 9.17) is 0 Å². The van der Waals surface area contributed by atoms with Crippen molar-refractivity contribution in [3.8, 4) is 0 Å². The quantitative estimate of drug-likeness (QED) is 0.859. The van der Waals surface area contributed by atoms with Crippen LogP contribution < -0.4 is 5.32 Å². The highest BCUT2D eigenvalue weighted by Crippen LogP contribution is 2.47. The molecule has 1 aliphatic carbocycles. The Morgan fingerprint density at radius 1 is 1.43 bits per heavy atom. The van der Waals surface area contributed by atoms with Crippen molar-refractivity contribution in [3.63, 3.8) is 0 Å². The number of sulfone groups is 1. The molecule has 2 amide bonds. The third-order valence-corrected chi connectivity index (χ3v) is 5.48. The van der Waals surface area contributed by atoms with E-state index in [-0.39, 0.29) is 23.0 Å². The van der Waals surface area contributed by atoms with E-state index in [9.17, 15) is 17.6 Å². The molecule has 0 aromatic heterocycles. The van der Waals surface area contributed by atoms with Gasteiger partial charge in [0.2, 0.25) is 0 Å². The number of amides is 2. The van der Waals surface area contributed by atoms with Crippen LogP contribution in [0.5, 0.6) is 0 Å². The normalized spacial score (nSPS) is 17.4. The van der Waals surface area contributed by atoms with Crippen LogP contribution in [0.2, 0.25) is 0 Å². The lowest BCUT2D eigenvalue weighted by Gasteiger charge is -2.26. The predicted octanol–water partition coefficient (Wildman–Crippen LogP) is 1.93. The summed E-state index contributed by atoms with van der Waals surface area (Å²) < 4.78 is 36.0. The number of halogens is 1. The number of nitrogens with zero attached hydrogens (tertiary/aromatic N) is 1. The maximum Gasteiger partial charge on any atom is 0.317 e. The first kappa shape index (κ1) is 17.7. The van der Waals surface area contributed by atoms with Gasteiger partial charge in [0.1, 0.15) is 15.7 Å². The van der Waals surface area contributed by atoms with Crippen molar-refractivity contribution < 1.29 is 17.6 Å². The van der Waals surface area contributed by atoms with Crippen LogP contribution in [0.3, 0.4) is 0 Å². The Hall–Kier alpha value is -1.63. The highest BCUT2D eigenvalue weighted by atomic mass is 32.2. The van der Waals surface area contributed by atoms with E-state index in [0.29, 0.717) is 6.54 Å². The SMILES string of the molecule is C[C@@H](CS(C)(=O)=O)N(C)C(=O)NCC1(c2cccc(F)c2)CC1. The molecule has 2 rings (SSSR count). The Bertz CT molecular complexity index is 686. The minimum Gasteiger partial charge on any atom is -0.337 e. The zero-order valence-corrected chi connectivity index (χ0v) is 14.5. The third-order valence-electron chi connectivity index (χ3n) is 4.39. The summed E-state index contributed by atoms with van der Waals surface area (Å²) in [5.74, 6) is -0.356. The van der Waals surface area contributed by atoms with Crippen LogP contribution in [0, 0.1) is 5.82 Å². The first-order valence-electron chi connectivity index (χ1n) is 7.57. The number of nitrogens with one attached hydrogen (secondary N) is 1. The van der Waals surface area contributed by atoms with Gasteiger partial charge in [0.25, 0.3) is 0 Å². The summed E-state index contributed by atoms with van der Waals surface area (Å²) in [5, 5.41) is 2.84. The minimum absolute atomic E-state index is 0.0774. The summed E-state index contributed by atoms with van der Waals surface area (Å²) in [5.41, 5.74) is 0.697. The van der Waals surface area contributed by atoms with E-state index in [1.165, 1.54) is 17.0 Å². The van der Waals surface area contributed by atoms with Gasteiger partial charge in [-0.25, -0.2) is 17.6 Å². The van der Waals surface area contributed by atoms with Gasteiger partial charge >= 0.3 is 6.03 Å². The van der Waals surface area contributed by atoms with Gasteiger partial charge in [-0.15, -0.1) is 0 Å². The summed E-state index contributed by atoms with van der Waals surface area (Å²) >= 11 is 0. The summed E-state index contributed by atoms with van der Waals surface area (Å²) in [4.78, 5) is 13.6. The molecule has 0 aliphatic heterocycles. The van der Waals surface area contributed by atoms with Crippen LogP contribution in [0.25, 0.3) is 0 Å². The molecule has 23 heavy (non-hydrogen) atoms. The predicted molar refractivity (Wildman–Crippen MR) is 87.6 cm³/mol. The molecule has 128 valence electrons. The van der Waals surface area contributed by atoms with Crippen molar-refractivity contribution >= 4 is 15.9 Å². The Labute approximate surface area is 136 Å². The monoisotopic (exact) mass is 342 g/mol. The largest absolute Gasteiger partial charge is 0.337 e. The van der Waals surface area contributed by atoms with Crippen molar-refractivity contribution in [3.05, 3.63) is 35.6 Å². The highest BCUT2D eigenvalue weighted by Gasteiger charge is 2.44. The number of hydrogen-bond acceptors (Lipinski definition) is 3. The van der Waals surface area contributed by atoms with E-state index in [0.717, 1.165) is 24.7 Å². The van der Waals surface area contributed by atoms with E-state index in [1.54, 1.807) is 20.0 Å². The number of carbonyl (C=O) groups excluding carboxylic acids is 1. The molecule has 0 spiro atoms. The maximum absolute atomic E-state index is 13.4. The molecular formula is C16H23FN2O3S. The topological polar surface area (TPSA) is 66.5 Å². The van der Waals surface area contributed by atoms with Crippen molar-refractivity contribution in [1.82, 2.24) is 10.2 Å². The number of urea groups is 1. The Morgan fingerprint density at radius 3 is 2.61 bits per heavy atom. The number of rotatable bonds is 6. The Kier molecular flexibility index (Phi) is 4.98. The Morgan fingerprint density at radius 2 is 2.09 bits per heavy atom. The minimum atomic E-state index is -3.14. The molecule has 7 heteroatoms. The van der Waals surface area contributed by atoms with Crippen LogP contribution in [-0.4, -0.2) is 51.0 Å². The lowest BCUT2D eigenvalue weighted by molar-refractivity contribution is 0.197. The van der Waals surface area contributed by atoms with Crippen molar-refractivity contribution in [2.45, 2.75) is 31.2 Å². The molecule has 0 saturated heterocycles. The standard InChI is InChI=1S/C16H23FN2O3S/c1-12(10-23(3,21)22)19(2)15(20)18-11-16(7-8-16)13-5-4-6-14(17)9-13/h4-6,9,12H,7-8,10-11H2,1-3H3,(H,18,20)/t12-/m0/s1. The molecular weight excluding hydrogens is 319 g/mol. The van der Waals surface area contributed by atoms with Crippen LogP contribution in [0.1, 0.15) is 25.3 Å². The van der Waals surface area contributed by atoms with E-state index in [2.05, 4.69) is 5.32 Å². The van der Waals surface area contributed by atoms with Gasteiger partial charge in [-0.05, 0) is 37.5 Å². The molecule has 0 unspecified atom stereocenters. The Balaban J connectivity index is 1.94. The van der Waals surface area contributed by atoms with Gasteiger partial charge in [-0.2, -0.15) is 0 Å². The molecule has 0 radical (unpaired) electrons. The average Bonchev–Trinajstić information content (AvgIpc) is 3.23. The van der Waals surface area contributed by atoms with E-state index >= 15 is 0 Å². The van der Waals surface area contributed by atoms with Crippen LogP contribution in [0.4, 0.5) is 9.18 Å². The second kappa shape index (κ2) is 6.47. The first-order chi connectivity index (χ1) is 10.6. The fourth-order valence-electron chi connectivity index (χ4n) is 2.66. The van der Waals surface area contributed by atoms with Gasteiger partial charge in [0, 0.05) is 31.3 Å². The summed E-state index contributed by atoms with van der Waals surface area (Å²) in [6.45, 7) is 2.12. The summed E-state index contributed by atoms with van der Waals surface area (Å²) in [6, 6.07) is 5.73. The van der Waals surface area contributed by atoms with Gasteiger partial charge in [0.15, 0.2) is 0 Å². The lowest BCUT2D eigenvalue weighted by Crippen LogP contribution is -2.46. The lowest BCUT2D eigenvalue weighted by atomic mass is 9.96. The van der Waals surface area contributed by atoms with Crippen LogP contribution >= 0.6 is 0 Å². The fraction of sp³-hybridized carbons (Fsp3) is 0.562. The summed E-state index contributed by atoms with van der Waals surface area (Å²) in [7, 11) is -1.57. The van der Waals surface area contributed by atoms with E-state index < -0.39 is 15.9 Å². The maximum atomic E-state index is 13.4. The molecule has 1 aromatic carbocycles. The number of hydrogen-bond donors (Lipinski definition) is 1. The van der Waals surface area contributed by atoms with Crippen LogP contribution in [0.15, 0.2) is 24.3 Å². The zero-order valence-electron chi connectivity index (χ0n) is 13.7. The summed E-state index contributed by atoms with van der Waals surface area (Å²) in [6.07, 6.45) is 2.96. The third kappa shape index (κ3) is 4.67. The van der Waals surface area contributed by atoms with Crippen molar-refractivity contribution in [1.29, 1.82) is 0 Å². The van der Waals surface area contributed by atoms with Gasteiger partial charge < -0.3 is 10.2 Å². The molecule has 1 N–H and O–H groups in total. The highest BCUT2D eigenvalue weighted by molar-refractivity contribution is 7.90. The van der Waals surface area contributed by atoms with Crippen molar-refractivity contribution in [2.24, 2.45) is 0 Å². The molecule has 1 atom stereocenters. The second-order valence-electron chi connectivity index (χ2n) is 6.50.